The molecule has 0 N–H and O–H groups in total. The predicted molar refractivity (Wildman–Crippen MR) is 109 cm³/mol. The molecule has 1 aromatic rings. The summed E-state index contributed by atoms with van der Waals surface area (Å²) in [6.45, 7) is 3.55. The number of hydrogen-bond acceptors (Lipinski definition) is 7. The first kappa shape index (κ1) is 21.7. The molecule has 8 nitrogen and oxygen atoms in total. The molecule has 3 rings (SSSR count). The fourth-order valence-corrected chi connectivity index (χ4v) is 6.90. The molecular formula is C17H27N3O5S3. The number of hydrogen-bond donors (Lipinski definition) is 0. The van der Waals surface area contributed by atoms with Crippen molar-refractivity contribution in [1.29, 1.82) is 0 Å². The van der Waals surface area contributed by atoms with Crippen LogP contribution in [0.2, 0.25) is 0 Å². The molecule has 1 aromatic heterocycles. The molecule has 0 bridgehead atoms. The Kier molecular flexibility index (Phi) is 6.80. The fourth-order valence-electron chi connectivity index (χ4n) is 3.64. The van der Waals surface area contributed by atoms with E-state index in [1.807, 2.05) is 0 Å². The van der Waals surface area contributed by atoms with E-state index in [-0.39, 0.29) is 24.1 Å². The minimum atomic E-state index is -3.53. The zero-order valence-electron chi connectivity index (χ0n) is 16.0. The highest BCUT2D eigenvalue weighted by atomic mass is 32.2. The van der Waals surface area contributed by atoms with Crippen molar-refractivity contribution in [3.63, 3.8) is 0 Å². The molecule has 2 aliphatic rings. The summed E-state index contributed by atoms with van der Waals surface area (Å²) in [5.41, 5.74) is 0. The quantitative estimate of drug-likeness (QED) is 0.621. The Morgan fingerprint density at radius 2 is 1.86 bits per heavy atom. The first-order chi connectivity index (χ1) is 13.2. The van der Waals surface area contributed by atoms with Crippen LogP contribution in [-0.4, -0.2) is 94.7 Å². The minimum Gasteiger partial charge on any atom is -0.340 e. The predicted octanol–water partition coefficient (Wildman–Crippen LogP) is 0.338. The number of piperidine rings is 1. The molecule has 0 aliphatic carbocycles. The molecule has 2 saturated heterocycles. The standard InChI is InChI=1S/C17H27N3O5S3/c1-27(22,23)13-11-18-7-9-19(10-8-18)17(21)15-4-2-6-20(14-15)28(24,25)16-5-3-12-26-16/h3,5,12,15H,2,4,6-11,13-14H2,1H3. The van der Waals surface area contributed by atoms with E-state index in [0.29, 0.717) is 56.3 Å². The third-order valence-corrected chi connectivity index (χ3v) is 9.45. The van der Waals surface area contributed by atoms with E-state index in [9.17, 15) is 21.6 Å². The van der Waals surface area contributed by atoms with Crippen molar-refractivity contribution >= 4 is 37.1 Å². The second-order valence-electron chi connectivity index (χ2n) is 7.43. The average Bonchev–Trinajstić information content (AvgIpc) is 3.21. The number of rotatable bonds is 6. The summed E-state index contributed by atoms with van der Waals surface area (Å²) in [7, 11) is -6.52. The van der Waals surface area contributed by atoms with Gasteiger partial charge in [0.25, 0.3) is 10.0 Å². The maximum absolute atomic E-state index is 12.9. The van der Waals surface area contributed by atoms with E-state index in [2.05, 4.69) is 4.90 Å². The number of carbonyl (C=O) groups excluding carboxylic acids is 1. The second kappa shape index (κ2) is 8.78. The topological polar surface area (TPSA) is 95.1 Å². The van der Waals surface area contributed by atoms with E-state index >= 15 is 0 Å². The first-order valence-corrected chi connectivity index (χ1v) is 13.8. The van der Waals surface area contributed by atoms with Crippen LogP contribution < -0.4 is 0 Å². The van der Waals surface area contributed by atoms with Gasteiger partial charge in [-0.15, -0.1) is 11.3 Å². The summed E-state index contributed by atoms with van der Waals surface area (Å²) in [4.78, 5) is 16.8. The van der Waals surface area contributed by atoms with Crippen molar-refractivity contribution in [3.8, 4) is 0 Å². The lowest BCUT2D eigenvalue weighted by Gasteiger charge is -2.38. The van der Waals surface area contributed by atoms with Gasteiger partial charge in [-0.3, -0.25) is 9.69 Å². The molecule has 158 valence electrons. The van der Waals surface area contributed by atoms with Crippen LogP contribution in [0.15, 0.2) is 21.7 Å². The Morgan fingerprint density at radius 3 is 2.46 bits per heavy atom. The minimum absolute atomic E-state index is 0.00819. The molecule has 2 fully saturated rings. The maximum Gasteiger partial charge on any atom is 0.252 e. The van der Waals surface area contributed by atoms with Gasteiger partial charge in [-0.05, 0) is 24.3 Å². The zero-order chi connectivity index (χ0) is 20.4. The highest BCUT2D eigenvalue weighted by Gasteiger charge is 2.36. The highest BCUT2D eigenvalue weighted by Crippen LogP contribution is 2.27. The summed E-state index contributed by atoms with van der Waals surface area (Å²) in [6.07, 6.45) is 2.60. The van der Waals surface area contributed by atoms with Crippen LogP contribution in [0.25, 0.3) is 0 Å². The van der Waals surface area contributed by atoms with Gasteiger partial charge in [0.15, 0.2) is 0 Å². The Balaban J connectivity index is 1.55. The van der Waals surface area contributed by atoms with Crippen LogP contribution in [0.5, 0.6) is 0 Å². The number of sulfone groups is 1. The fraction of sp³-hybridized carbons (Fsp3) is 0.706. The van der Waals surface area contributed by atoms with Crippen LogP contribution in [0.1, 0.15) is 12.8 Å². The number of nitrogens with zero attached hydrogens (tertiary/aromatic N) is 3. The molecule has 0 aromatic carbocycles. The van der Waals surface area contributed by atoms with E-state index in [1.165, 1.54) is 21.9 Å². The lowest BCUT2D eigenvalue weighted by molar-refractivity contribution is -0.138. The van der Waals surface area contributed by atoms with Crippen molar-refractivity contribution in [2.45, 2.75) is 17.1 Å². The molecule has 0 spiro atoms. The molecule has 0 saturated carbocycles. The van der Waals surface area contributed by atoms with Crippen LogP contribution >= 0.6 is 11.3 Å². The molecule has 0 radical (unpaired) electrons. The normalized spacial score (nSPS) is 23.0. The summed E-state index contributed by atoms with van der Waals surface area (Å²) < 4.78 is 49.9. The Morgan fingerprint density at radius 1 is 1.14 bits per heavy atom. The number of thiophene rings is 1. The first-order valence-electron chi connectivity index (χ1n) is 9.39. The molecule has 1 unspecified atom stereocenters. The molecule has 1 atom stereocenters. The summed E-state index contributed by atoms with van der Waals surface area (Å²) >= 11 is 1.19. The van der Waals surface area contributed by atoms with Crippen LogP contribution in [0, 0.1) is 5.92 Å². The Hall–Kier alpha value is -1.01. The SMILES string of the molecule is CS(=O)(=O)CCN1CCN(C(=O)C2CCCN(S(=O)(=O)c3cccs3)C2)CC1. The van der Waals surface area contributed by atoms with Crippen molar-refractivity contribution in [2.24, 2.45) is 5.92 Å². The average molecular weight is 450 g/mol. The van der Waals surface area contributed by atoms with E-state index in [1.54, 1.807) is 22.4 Å². The Bertz CT molecular complexity index is 875. The second-order valence-corrected chi connectivity index (χ2v) is 12.8. The van der Waals surface area contributed by atoms with Crippen molar-refractivity contribution in [2.75, 3.05) is 57.8 Å². The third kappa shape index (κ3) is 5.32. The highest BCUT2D eigenvalue weighted by molar-refractivity contribution is 7.91. The summed E-state index contributed by atoms with van der Waals surface area (Å²) in [5.74, 6) is -0.182. The number of amides is 1. The van der Waals surface area contributed by atoms with E-state index in [4.69, 9.17) is 0 Å². The number of carbonyl (C=O) groups is 1. The molecule has 3 heterocycles. The largest absolute Gasteiger partial charge is 0.340 e. The van der Waals surface area contributed by atoms with Gasteiger partial charge in [0.05, 0.1) is 11.7 Å². The van der Waals surface area contributed by atoms with Crippen molar-refractivity contribution in [1.82, 2.24) is 14.1 Å². The van der Waals surface area contributed by atoms with Crippen molar-refractivity contribution in [3.05, 3.63) is 17.5 Å². The van der Waals surface area contributed by atoms with Crippen molar-refractivity contribution < 1.29 is 21.6 Å². The maximum atomic E-state index is 12.9. The van der Waals surface area contributed by atoms with E-state index in [0.717, 1.165) is 0 Å². The van der Waals surface area contributed by atoms with Gasteiger partial charge < -0.3 is 4.90 Å². The van der Waals surface area contributed by atoms with Gasteiger partial charge in [-0.1, -0.05) is 6.07 Å². The molecule has 2 aliphatic heterocycles. The number of piperazine rings is 1. The monoisotopic (exact) mass is 449 g/mol. The Labute approximate surface area is 171 Å². The van der Waals surface area contributed by atoms with Gasteiger partial charge in [-0.25, -0.2) is 16.8 Å². The summed E-state index contributed by atoms with van der Waals surface area (Å²) in [6, 6.07) is 3.31. The van der Waals surface area contributed by atoms with Gasteiger partial charge in [0.1, 0.15) is 14.0 Å². The molecule has 1 amide bonds. The van der Waals surface area contributed by atoms with Crippen LogP contribution in [0.3, 0.4) is 0 Å². The van der Waals surface area contributed by atoms with Gasteiger partial charge in [0, 0.05) is 52.1 Å². The lowest BCUT2D eigenvalue weighted by atomic mass is 9.98. The molecule has 11 heteroatoms. The number of sulfonamides is 1. The molecule has 28 heavy (non-hydrogen) atoms. The lowest BCUT2D eigenvalue weighted by Crippen LogP contribution is -2.53. The smallest absolute Gasteiger partial charge is 0.252 e. The molecular weight excluding hydrogens is 422 g/mol. The van der Waals surface area contributed by atoms with Gasteiger partial charge >= 0.3 is 0 Å². The van der Waals surface area contributed by atoms with E-state index < -0.39 is 19.9 Å². The van der Waals surface area contributed by atoms with Gasteiger partial charge in [-0.2, -0.15) is 4.31 Å². The summed E-state index contributed by atoms with van der Waals surface area (Å²) in [5, 5.41) is 1.74. The van der Waals surface area contributed by atoms with Crippen LogP contribution in [0.4, 0.5) is 0 Å². The van der Waals surface area contributed by atoms with Crippen LogP contribution in [-0.2, 0) is 24.7 Å². The van der Waals surface area contributed by atoms with Gasteiger partial charge in [0.2, 0.25) is 5.91 Å². The third-order valence-electron chi connectivity index (χ3n) is 5.28. The zero-order valence-corrected chi connectivity index (χ0v) is 18.4.